The number of rotatable bonds is 2. The Morgan fingerprint density at radius 1 is 1.35 bits per heavy atom. The molecule has 140 valence electrons. The molecule has 0 amide bonds. The van der Waals surface area contributed by atoms with E-state index in [1.807, 2.05) is 19.9 Å². The Morgan fingerprint density at radius 2 is 2.08 bits per heavy atom. The maximum absolute atomic E-state index is 12.5. The van der Waals surface area contributed by atoms with Gasteiger partial charge in [0, 0.05) is 10.8 Å². The van der Waals surface area contributed by atoms with Crippen LogP contribution in [0.3, 0.4) is 0 Å². The molecule has 0 radical (unpaired) electrons. The molecule has 4 rings (SSSR count). The summed E-state index contributed by atoms with van der Waals surface area (Å²) in [5.41, 5.74) is 0.289. The summed E-state index contributed by atoms with van der Waals surface area (Å²) in [6.07, 6.45) is 10.9. The van der Waals surface area contributed by atoms with E-state index in [0.717, 1.165) is 19.3 Å². The summed E-state index contributed by atoms with van der Waals surface area (Å²) in [7, 11) is 0. The summed E-state index contributed by atoms with van der Waals surface area (Å²) in [5, 5.41) is 20.9. The van der Waals surface area contributed by atoms with Crippen molar-refractivity contribution in [3.05, 3.63) is 35.5 Å². The van der Waals surface area contributed by atoms with Crippen molar-refractivity contribution in [3.63, 3.8) is 0 Å². The monoisotopic (exact) mass is 356 g/mol. The first kappa shape index (κ1) is 17.9. The van der Waals surface area contributed by atoms with E-state index >= 15 is 0 Å². The van der Waals surface area contributed by atoms with Crippen molar-refractivity contribution in [3.8, 4) is 0 Å². The fraction of sp³-hybridized carbons (Fsp3) is 0.636. The second kappa shape index (κ2) is 5.49. The summed E-state index contributed by atoms with van der Waals surface area (Å²) in [4.78, 5) is 24.3. The van der Waals surface area contributed by atoms with Gasteiger partial charge < -0.3 is 10.2 Å². The molecule has 0 aliphatic heterocycles. The van der Waals surface area contributed by atoms with Gasteiger partial charge in [-0.25, -0.2) is 0 Å². The molecule has 0 heterocycles. The summed E-state index contributed by atoms with van der Waals surface area (Å²) < 4.78 is 0. The van der Waals surface area contributed by atoms with E-state index in [9.17, 15) is 19.8 Å². The highest BCUT2D eigenvalue weighted by Gasteiger charge is 2.66. The van der Waals surface area contributed by atoms with Crippen molar-refractivity contribution in [2.45, 2.75) is 52.1 Å². The minimum Gasteiger partial charge on any atom is -0.388 e. The molecule has 0 unspecified atom stereocenters. The van der Waals surface area contributed by atoms with Gasteiger partial charge in [-0.05, 0) is 62.5 Å². The lowest BCUT2D eigenvalue weighted by Gasteiger charge is -2.53. The minimum atomic E-state index is -1.47. The topological polar surface area (TPSA) is 74.6 Å². The molecule has 2 N–H and O–H groups in total. The number of aliphatic hydroxyl groups excluding tert-OH is 1. The smallest absolute Gasteiger partial charge is 0.190 e. The van der Waals surface area contributed by atoms with Crippen LogP contribution in [0.15, 0.2) is 35.5 Å². The fourth-order valence-electron chi connectivity index (χ4n) is 6.58. The van der Waals surface area contributed by atoms with E-state index in [-0.39, 0.29) is 23.0 Å². The highest BCUT2D eigenvalue weighted by molar-refractivity contribution is 6.01. The fourth-order valence-corrected chi connectivity index (χ4v) is 6.58. The molecule has 26 heavy (non-hydrogen) atoms. The van der Waals surface area contributed by atoms with E-state index in [1.165, 1.54) is 11.1 Å². The molecule has 4 heteroatoms. The van der Waals surface area contributed by atoms with E-state index in [4.69, 9.17) is 0 Å². The highest BCUT2D eigenvalue weighted by atomic mass is 16.3. The Morgan fingerprint density at radius 3 is 2.77 bits per heavy atom. The van der Waals surface area contributed by atoms with E-state index in [2.05, 4.69) is 13.0 Å². The molecule has 0 aromatic carbocycles. The number of allylic oxidation sites excluding steroid dienone is 6. The molecular weight excluding hydrogens is 328 g/mol. The van der Waals surface area contributed by atoms with Gasteiger partial charge in [0.05, 0.1) is 0 Å². The molecule has 4 aliphatic carbocycles. The van der Waals surface area contributed by atoms with Gasteiger partial charge in [-0.1, -0.05) is 37.1 Å². The standard InChI is InChI=1S/C22H28O4/c1-13-10-18-16-5-4-14-11-15(24)6-8-20(14,2)17(16)7-9-21(18,3)22(13,26)19(25)12-23/h6-8,11,13,16,18,23,26H,4-5,9-10,12H2,1-3H3/t13-,16+,18+,20+,21+,22+/m1/s1. The van der Waals surface area contributed by atoms with Gasteiger partial charge in [-0.3, -0.25) is 9.59 Å². The van der Waals surface area contributed by atoms with Gasteiger partial charge in [-0.15, -0.1) is 0 Å². The average molecular weight is 356 g/mol. The highest BCUT2D eigenvalue weighted by Crippen LogP contribution is 2.66. The SMILES string of the molecule is C[C@@H]1C[C@H]2[C@H]3CCC4=CC(=O)C=C[C@]4(C)C3=CC[C@]2(C)[C@@]1(O)C(=O)CO. The first-order valence-electron chi connectivity index (χ1n) is 9.70. The van der Waals surface area contributed by atoms with Gasteiger partial charge in [0.2, 0.25) is 0 Å². The van der Waals surface area contributed by atoms with Gasteiger partial charge in [0.15, 0.2) is 11.6 Å². The molecule has 2 saturated carbocycles. The molecule has 0 spiro atoms. The number of aliphatic hydroxyl groups is 2. The lowest BCUT2D eigenvalue weighted by atomic mass is 9.51. The molecule has 0 aromatic heterocycles. The Balaban J connectivity index is 1.79. The van der Waals surface area contributed by atoms with Crippen LogP contribution < -0.4 is 0 Å². The minimum absolute atomic E-state index is 0.0644. The molecule has 0 aromatic rings. The van der Waals surface area contributed by atoms with Crippen molar-refractivity contribution >= 4 is 11.6 Å². The van der Waals surface area contributed by atoms with Crippen LogP contribution in [0.25, 0.3) is 0 Å². The second-order valence-corrected chi connectivity index (χ2v) is 9.12. The summed E-state index contributed by atoms with van der Waals surface area (Å²) in [5.74, 6) is -0.0376. The summed E-state index contributed by atoms with van der Waals surface area (Å²) in [6.45, 7) is 5.54. The number of Topliss-reactive ketones (excluding diaryl/α,β-unsaturated/α-hetero) is 1. The normalized spacial score (nSPS) is 46.8. The molecule has 4 aliphatic rings. The molecule has 0 bridgehead atoms. The largest absolute Gasteiger partial charge is 0.388 e. The van der Waals surface area contributed by atoms with Crippen molar-refractivity contribution in [2.75, 3.05) is 6.61 Å². The van der Waals surface area contributed by atoms with Crippen molar-refractivity contribution in [1.82, 2.24) is 0 Å². The van der Waals surface area contributed by atoms with Crippen LogP contribution in [-0.4, -0.2) is 34.0 Å². The van der Waals surface area contributed by atoms with Crippen LogP contribution in [0.5, 0.6) is 0 Å². The van der Waals surface area contributed by atoms with E-state index in [1.54, 1.807) is 12.2 Å². The zero-order valence-corrected chi connectivity index (χ0v) is 15.8. The first-order chi connectivity index (χ1) is 12.2. The lowest BCUT2D eigenvalue weighted by Crippen LogP contribution is -2.57. The van der Waals surface area contributed by atoms with Gasteiger partial charge >= 0.3 is 0 Å². The maximum Gasteiger partial charge on any atom is 0.190 e. The summed E-state index contributed by atoms with van der Waals surface area (Å²) in [6, 6.07) is 0. The summed E-state index contributed by atoms with van der Waals surface area (Å²) >= 11 is 0. The lowest BCUT2D eigenvalue weighted by molar-refractivity contribution is -0.161. The Kier molecular flexibility index (Phi) is 3.78. The van der Waals surface area contributed by atoms with Crippen LogP contribution in [0.4, 0.5) is 0 Å². The van der Waals surface area contributed by atoms with Crippen LogP contribution in [0.2, 0.25) is 0 Å². The van der Waals surface area contributed by atoms with E-state index < -0.39 is 23.4 Å². The maximum atomic E-state index is 12.5. The average Bonchev–Trinajstić information content (AvgIpc) is 2.83. The van der Waals surface area contributed by atoms with Crippen LogP contribution in [-0.2, 0) is 9.59 Å². The number of fused-ring (bicyclic) bond motifs is 5. The van der Waals surface area contributed by atoms with Crippen LogP contribution in [0.1, 0.15) is 46.5 Å². The van der Waals surface area contributed by atoms with Crippen LogP contribution >= 0.6 is 0 Å². The zero-order valence-electron chi connectivity index (χ0n) is 15.8. The van der Waals surface area contributed by atoms with Crippen molar-refractivity contribution in [1.29, 1.82) is 0 Å². The zero-order chi connectivity index (χ0) is 18.9. The Bertz CT molecular complexity index is 775. The number of hydrogen-bond acceptors (Lipinski definition) is 4. The molecular formula is C22H28O4. The predicted octanol–water partition coefficient (Wildman–Crippen LogP) is 2.75. The Hall–Kier alpha value is -1.52. The number of carbonyl (C=O) groups is 2. The number of carbonyl (C=O) groups excluding carboxylic acids is 2. The third-order valence-electron chi connectivity index (χ3n) is 8.10. The Labute approximate surface area is 154 Å². The van der Waals surface area contributed by atoms with Gasteiger partial charge in [0.1, 0.15) is 12.2 Å². The molecule has 6 atom stereocenters. The van der Waals surface area contributed by atoms with Crippen molar-refractivity contribution < 1.29 is 19.8 Å². The first-order valence-corrected chi connectivity index (χ1v) is 9.70. The molecule has 4 nitrogen and oxygen atoms in total. The van der Waals surface area contributed by atoms with Gasteiger partial charge in [0.25, 0.3) is 0 Å². The molecule has 2 fully saturated rings. The number of ketones is 2. The third kappa shape index (κ3) is 1.97. The number of hydrogen-bond donors (Lipinski definition) is 2. The second-order valence-electron chi connectivity index (χ2n) is 9.12. The molecule has 0 saturated heterocycles. The van der Waals surface area contributed by atoms with Crippen molar-refractivity contribution in [2.24, 2.45) is 28.6 Å². The van der Waals surface area contributed by atoms with Gasteiger partial charge in [-0.2, -0.15) is 0 Å². The van der Waals surface area contributed by atoms with E-state index in [0.29, 0.717) is 12.3 Å². The van der Waals surface area contributed by atoms with Crippen LogP contribution in [0, 0.1) is 28.6 Å². The third-order valence-corrected chi connectivity index (χ3v) is 8.10. The predicted molar refractivity (Wildman–Crippen MR) is 98.2 cm³/mol. The quantitative estimate of drug-likeness (QED) is 0.746.